The summed E-state index contributed by atoms with van der Waals surface area (Å²) in [6, 6.07) is 4.55. The van der Waals surface area contributed by atoms with Gasteiger partial charge in [0, 0.05) is 18.4 Å². The third-order valence-corrected chi connectivity index (χ3v) is 2.56. The summed E-state index contributed by atoms with van der Waals surface area (Å²) in [7, 11) is 2.13. The van der Waals surface area contributed by atoms with Crippen LogP contribution in [0.25, 0.3) is 0 Å². The molecule has 0 amide bonds. The second kappa shape index (κ2) is 5.73. The van der Waals surface area contributed by atoms with Gasteiger partial charge in [0.1, 0.15) is 0 Å². The minimum atomic E-state index is 0.435. The maximum atomic E-state index is 5.48. The largest absolute Gasteiger partial charge is 0.330 e. The molecule has 0 spiro atoms. The lowest BCUT2D eigenvalue weighted by Crippen LogP contribution is -2.25. The van der Waals surface area contributed by atoms with Crippen LogP contribution >= 0.6 is 0 Å². The van der Waals surface area contributed by atoms with Crippen LogP contribution < -0.4 is 5.73 Å². The highest BCUT2D eigenvalue weighted by molar-refractivity contribution is 5.13. The van der Waals surface area contributed by atoms with Gasteiger partial charge in [-0.15, -0.1) is 0 Å². The van der Waals surface area contributed by atoms with E-state index in [9.17, 15) is 0 Å². The third kappa shape index (κ3) is 3.09. The number of rotatable bonds is 5. The van der Waals surface area contributed by atoms with Gasteiger partial charge in [-0.3, -0.25) is 9.88 Å². The van der Waals surface area contributed by atoms with E-state index in [2.05, 4.69) is 36.0 Å². The van der Waals surface area contributed by atoms with Crippen LogP contribution in [0.2, 0.25) is 0 Å². The van der Waals surface area contributed by atoms with Gasteiger partial charge >= 0.3 is 0 Å². The predicted molar refractivity (Wildman–Crippen MR) is 59.0 cm³/mol. The Balaban J connectivity index is 2.52. The second-order valence-corrected chi connectivity index (χ2v) is 3.58. The maximum absolute atomic E-state index is 5.48. The van der Waals surface area contributed by atoms with E-state index in [0.717, 1.165) is 19.5 Å². The van der Waals surface area contributed by atoms with Crippen molar-refractivity contribution in [2.24, 2.45) is 5.73 Å². The molecule has 1 aromatic rings. The summed E-state index contributed by atoms with van der Waals surface area (Å²) in [6.07, 6.45) is 4.72. The van der Waals surface area contributed by atoms with Crippen molar-refractivity contribution in [2.45, 2.75) is 19.4 Å². The number of nitrogens with two attached hydrogens (primary N) is 1. The van der Waals surface area contributed by atoms with Gasteiger partial charge in [-0.25, -0.2) is 0 Å². The zero-order valence-corrected chi connectivity index (χ0v) is 8.98. The van der Waals surface area contributed by atoms with Crippen molar-refractivity contribution in [1.82, 2.24) is 9.88 Å². The van der Waals surface area contributed by atoms with Crippen molar-refractivity contribution in [2.75, 3.05) is 20.1 Å². The molecule has 0 fully saturated rings. The van der Waals surface area contributed by atoms with Crippen LogP contribution in [0.3, 0.4) is 0 Å². The molecule has 3 nitrogen and oxygen atoms in total. The Kier molecular flexibility index (Phi) is 4.56. The first-order chi connectivity index (χ1) is 6.75. The van der Waals surface area contributed by atoms with Crippen LogP contribution in [-0.2, 0) is 0 Å². The molecule has 0 saturated heterocycles. The zero-order chi connectivity index (χ0) is 10.4. The lowest BCUT2D eigenvalue weighted by Gasteiger charge is -2.24. The molecule has 1 heterocycles. The van der Waals surface area contributed by atoms with Crippen molar-refractivity contribution < 1.29 is 0 Å². The van der Waals surface area contributed by atoms with Gasteiger partial charge in [-0.1, -0.05) is 0 Å². The van der Waals surface area contributed by atoms with Gasteiger partial charge in [-0.05, 0) is 51.2 Å². The first-order valence-corrected chi connectivity index (χ1v) is 5.06. The molecule has 1 aromatic heterocycles. The number of aromatic nitrogens is 1. The molecule has 78 valence electrons. The molecule has 1 rings (SSSR count). The quantitative estimate of drug-likeness (QED) is 0.769. The van der Waals surface area contributed by atoms with Crippen molar-refractivity contribution in [1.29, 1.82) is 0 Å². The van der Waals surface area contributed by atoms with Gasteiger partial charge in [0.2, 0.25) is 0 Å². The smallest absolute Gasteiger partial charge is 0.0317 e. The highest BCUT2D eigenvalue weighted by Gasteiger charge is 2.09. The summed E-state index contributed by atoms with van der Waals surface area (Å²) in [6.45, 7) is 4.00. The van der Waals surface area contributed by atoms with Gasteiger partial charge in [-0.2, -0.15) is 0 Å². The molecule has 1 atom stereocenters. The van der Waals surface area contributed by atoms with Crippen molar-refractivity contribution >= 4 is 0 Å². The zero-order valence-electron chi connectivity index (χ0n) is 8.98. The number of nitrogens with zero attached hydrogens (tertiary/aromatic N) is 2. The van der Waals surface area contributed by atoms with E-state index in [-0.39, 0.29) is 0 Å². The molecular weight excluding hydrogens is 174 g/mol. The lowest BCUT2D eigenvalue weighted by atomic mass is 10.1. The SMILES string of the molecule is CC(c1ccncc1)N(C)CCCN. The number of hydrogen-bond donors (Lipinski definition) is 1. The Morgan fingerprint density at radius 1 is 1.43 bits per heavy atom. The summed E-state index contributed by atoms with van der Waals surface area (Å²) >= 11 is 0. The molecule has 1 unspecified atom stereocenters. The van der Waals surface area contributed by atoms with Crippen molar-refractivity contribution in [3.8, 4) is 0 Å². The first-order valence-electron chi connectivity index (χ1n) is 5.06. The van der Waals surface area contributed by atoms with Gasteiger partial charge < -0.3 is 5.73 Å². The Morgan fingerprint density at radius 3 is 2.64 bits per heavy atom. The molecular formula is C11H19N3. The molecule has 0 aliphatic heterocycles. The fourth-order valence-corrected chi connectivity index (χ4v) is 1.43. The Labute approximate surface area is 85.9 Å². The van der Waals surface area contributed by atoms with Gasteiger partial charge in [0.15, 0.2) is 0 Å². The summed E-state index contributed by atoms with van der Waals surface area (Å²) < 4.78 is 0. The highest BCUT2D eigenvalue weighted by Crippen LogP contribution is 2.17. The van der Waals surface area contributed by atoms with Crippen LogP contribution in [0.4, 0.5) is 0 Å². The van der Waals surface area contributed by atoms with Crippen molar-refractivity contribution in [3.63, 3.8) is 0 Å². The molecule has 3 heteroatoms. The molecule has 0 aromatic carbocycles. The molecule has 0 aliphatic carbocycles. The maximum Gasteiger partial charge on any atom is 0.0317 e. The van der Waals surface area contributed by atoms with Crippen LogP contribution in [0.5, 0.6) is 0 Å². The summed E-state index contributed by atoms with van der Waals surface area (Å²) in [5, 5.41) is 0. The van der Waals surface area contributed by atoms with Gasteiger partial charge in [0.05, 0.1) is 0 Å². The molecule has 2 N–H and O–H groups in total. The summed E-state index contributed by atoms with van der Waals surface area (Å²) in [5.41, 5.74) is 6.78. The first kappa shape index (κ1) is 11.1. The minimum Gasteiger partial charge on any atom is -0.330 e. The Morgan fingerprint density at radius 2 is 2.07 bits per heavy atom. The van der Waals surface area contributed by atoms with E-state index in [1.165, 1.54) is 5.56 Å². The van der Waals surface area contributed by atoms with E-state index in [0.29, 0.717) is 6.04 Å². The summed E-state index contributed by atoms with van der Waals surface area (Å²) in [5.74, 6) is 0. The minimum absolute atomic E-state index is 0.435. The monoisotopic (exact) mass is 193 g/mol. The van der Waals surface area contributed by atoms with E-state index >= 15 is 0 Å². The van der Waals surface area contributed by atoms with E-state index in [4.69, 9.17) is 5.73 Å². The summed E-state index contributed by atoms with van der Waals surface area (Å²) in [4.78, 5) is 6.32. The van der Waals surface area contributed by atoms with Crippen molar-refractivity contribution in [3.05, 3.63) is 30.1 Å². The molecule has 0 aliphatic rings. The van der Waals surface area contributed by atoms with Gasteiger partial charge in [0.25, 0.3) is 0 Å². The number of hydrogen-bond acceptors (Lipinski definition) is 3. The van der Waals surface area contributed by atoms with E-state index in [1.807, 2.05) is 12.4 Å². The molecule has 14 heavy (non-hydrogen) atoms. The number of pyridine rings is 1. The van der Waals surface area contributed by atoms with E-state index in [1.54, 1.807) is 0 Å². The highest BCUT2D eigenvalue weighted by atomic mass is 15.1. The van der Waals surface area contributed by atoms with Crippen LogP contribution in [0.1, 0.15) is 24.9 Å². The fraction of sp³-hybridized carbons (Fsp3) is 0.545. The van der Waals surface area contributed by atoms with Crippen LogP contribution in [-0.4, -0.2) is 30.0 Å². The molecule has 0 radical (unpaired) electrons. The lowest BCUT2D eigenvalue weighted by molar-refractivity contribution is 0.260. The average Bonchev–Trinajstić information content (AvgIpc) is 2.26. The van der Waals surface area contributed by atoms with E-state index < -0.39 is 0 Å². The normalized spacial score (nSPS) is 13.1. The standard InChI is InChI=1S/C11H19N3/c1-10(14(2)9-3-6-12)11-4-7-13-8-5-11/h4-5,7-8,10H,3,6,9,12H2,1-2H3. The second-order valence-electron chi connectivity index (χ2n) is 3.58. The van der Waals surface area contributed by atoms with Crippen LogP contribution in [0.15, 0.2) is 24.5 Å². The Hall–Kier alpha value is -0.930. The topological polar surface area (TPSA) is 42.2 Å². The average molecular weight is 193 g/mol. The molecule has 0 saturated carbocycles. The Bertz CT molecular complexity index is 248. The van der Waals surface area contributed by atoms with Crippen LogP contribution in [0, 0.1) is 0 Å². The third-order valence-electron chi connectivity index (χ3n) is 2.56. The molecule has 0 bridgehead atoms. The fourth-order valence-electron chi connectivity index (χ4n) is 1.43. The predicted octanol–water partition coefficient (Wildman–Crippen LogP) is 1.42.